The van der Waals surface area contributed by atoms with E-state index in [1.165, 1.54) is 6.92 Å². The lowest BCUT2D eigenvalue weighted by Crippen LogP contribution is -2.34. The summed E-state index contributed by atoms with van der Waals surface area (Å²) >= 11 is 0. The zero-order valence-corrected chi connectivity index (χ0v) is 14.6. The number of hydrogen-bond acceptors (Lipinski definition) is 4. The van der Waals surface area contributed by atoms with Crippen LogP contribution in [0.15, 0.2) is 30.6 Å². The summed E-state index contributed by atoms with van der Waals surface area (Å²) in [5, 5.41) is 6.95. The molecule has 7 nitrogen and oxygen atoms in total. The first-order valence-corrected chi connectivity index (χ1v) is 8.52. The van der Waals surface area contributed by atoms with Crippen molar-refractivity contribution < 1.29 is 9.59 Å². The highest BCUT2D eigenvalue weighted by Crippen LogP contribution is 2.31. The SMILES string of the molecule is CC(=O)NCc1cccc([C@@H]2CCCN2C(=O)Cn2cc(C)cn2)n1. The monoisotopic (exact) mass is 341 g/mol. The van der Waals surface area contributed by atoms with Crippen molar-refractivity contribution in [1.29, 1.82) is 0 Å². The van der Waals surface area contributed by atoms with Crippen LogP contribution in [-0.4, -0.2) is 38.0 Å². The molecular weight excluding hydrogens is 318 g/mol. The molecule has 1 aliphatic heterocycles. The number of rotatable bonds is 5. The summed E-state index contributed by atoms with van der Waals surface area (Å²) in [6.07, 6.45) is 5.49. The van der Waals surface area contributed by atoms with Crippen LogP contribution in [-0.2, 0) is 22.7 Å². The highest BCUT2D eigenvalue weighted by atomic mass is 16.2. The molecule has 0 unspecified atom stereocenters. The van der Waals surface area contributed by atoms with Crippen LogP contribution in [0.2, 0.25) is 0 Å². The maximum atomic E-state index is 12.7. The normalized spacial score (nSPS) is 16.9. The fourth-order valence-electron chi connectivity index (χ4n) is 3.15. The summed E-state index contributed by atoms with van der Waals surface area (Å²) < 4.78 is 1.67. The number of carbonyl (C=O) groups is 2. The van der Waals surface area contributed by atoms with E-state index in [0.29, 0.717) is 6.54 Å². The Balaban J connectivity index is 1.71. The van der Waals surface area contributed by atoms with Crippen LogP contribution in [0, 0.1) is 6.92 Å². The highest BCUT2D eigenvalue weighted by molar-refractivity contribution is 5.76. The summed E-state index contributed by atoms with van der Waals surface area (Å²) in [6.45, 7) is 4.82. The first kappa shape index (κ1) is 17.1. The number of amides is 2. The van der Waals surface area contributed by atoms with Gasteiger partial charge in [0.05, 0.1) is 30.2 Å². The summed E-state index contributed by atoms with van der Waals surface area (Å²) in [5.41, 5.74) is 2.72. The van der Waals surface area contributed by atoms with Crippen molar-refractivity contribution in [3.05, 3.63) is 47.5 Å². The lowest BCUT2D eigenvalue weighted by molar-refractivity contribution is -0.133. The van der Waals surface area contributed by atoms with Gasteiger partial charge in [-0.1, -0.05) is 6.07 Å². The maximum Gasteiger partial charge on any atom is 0.244 e. The Hall–Kier alpha value is -2.70. The number of aromatic nitrogens is 3. The number of nitrogens with one attached hydrogen (secondary N) is 1. The zero-order chi connectivity index (χ0) is 17.8. The van der Waals surface area contributed by atoms with Crippen molar-refractivity contribution in [2.45, 2.75) is 45.8 Å². The largest absolute Gasteiger partial charge is 0.351 e. The number of pyridine rings is 1. The van der Waals surface area contributed by atoms with Gasteiger partial charge in [0.25, 0.3) is 0 Å². The Labute approximate surface area is 147 Å². The molecule has 0 aromatic carbocycles. The Bertz CT molecular complexity index is 770. The van der Waals surface area contributed by atoms with Gasteiger partial charge >= 0.3 is 0 Å². The quantitative estimate of drug-likeness (QED) is 0.895. The third-order valence-corrected chi connectivity index (χ3v) is 4.32. The van der Waals surface area contributed by atoms with Crippen LogP contribution in [0.25, 0.3) is 0 Å². The van der Waals surface area contributed by atoms with Crippen LogP contribution < -0.4 is 5.32 Å². The number of hydrogen-bond donors (Lipinski definition) is 1. The van der Waals surface area contributed by atoms with Crippen LogP contribution in [0.1, 0.15) is 42.8 Å². The van der Waals surface area contributed by atoms with Gasteiger partial charge in [0.1, 0.15) is 6.54 Å². The topological polar surface area (TPSA) is 80.1 Å². The molecule has 0 spiro atoms. The second kappa shape index (κ2) is 7.46. The minimum Gasteiger partial charge on any atom is -0.351 e. The average Bonchev–Trinajstić information content (AvgIpc) is 3.22. The maximum absolute atomic E-state index is 12.7. The molecule has 25 heavy (non-hydrogen) atoms. The standard InChI is InChI=1S/C18H23N5O2/c1-13-9-20-22(11-13)12-18(25)23-8-4-7-17(23)16-6-3-5-15(21-16)10-19-14(2)24/h3,5-6,9,11,17H,4,7-8,10,12H2,1-2H3,(H,19,24)/t17-/m0/s1. The molecule has 2 aromatic heterocycles. The van der Waals surface area contributed by atoms with Gasteiger partial charge in [0, 0.05) is 19.7 Å². The van der Waals surface area contributed by atoms with Crippen molar-refractivity contribution in [2.24, 2.45) is 0 Å². The predicted molar refractivity (Wildman–Crippen MR) is 92.4 cm³/mol. The summed E-state index contributed by atoms with van der Waals surface area (Å²) in [6, 6.07) is 5.75. The molecular formula is C18H23N5O2. The average molecular weight is 341 g/mol. The molecule has 1 aliphatic rings. The second-order valence-electron chi connectivity index (χ2n) is 6.42. The molecule has 2 amide bonds. The molecule has 0 saturated carbocycles. The van der Waals surface area contributed by atoms with E-state index < -0.39 is 0 Å². The molecule has 1 atom stereocenters. The smallest absolute Gasteiger partial charge is 0.244 e. The van der Waals surface area contributed by atoms with E-state index in [1.807, 2.05) is 36.2 Å². The van der Waals surface area contributed by atoms with E-state index in [4.69, 9.17) is 0 Å². The van der Waals surface area contributed by atoms with Gasteiger partial charge in [0.2, 0.25) is 11.8 Å². The van der Waals surface area contributed by atoms with E-state index in [9.17, 15) is 9.59 Å². The molecule has 7 heteroatoms. The number of nitrogens with zero attached hydrogens (tertiary/aromatic N) is 4. The van der Waals surface area contributed by atoms with Crippen molar-refractivity contribution in [3.8, 4) is 0 Å². The first-order valence-electron chi connectivity index (χ1n) is 8.52. The molecule has 1 saturated heterocycles. The molecule has 1 N–H and O–H groups in total. The Morgan fingerprint density at radius 1 is 1.36 bits per heavy atom. The van der Waals surface area contributed by atoms with Gasteiger partial charge in [0.15, 0.2) is 0 Å². The molecule has 2 aromatic rings. The summed E-state index contributed by atoms with van der Waals surface area (Å²) in [4.78, 5) is 30.3. The van der Waals surface area contributed by atoms with E-state index >= 15 is 0 Å². The van der Waals surface area contributed by atoms with Crippen LogP contribution in [0.5, 0.6) is 0 Å². The fraction of sp³-hybridized carbons (Fsp3) is 0.444. The van der Waals surface area contributed by atoms with E-state index in [1.54, 1.807) is 10.9 Å². The predicted octanol–water partition coefficient (Wildman–Crippen LogP) is 1.59. The minimum absolute atomic E-state index is 0.0126. The molecule has 132 valence electrons. The van der Waals surface area contributed by atoms with Gasteiger partial charge in [-0.15, -0.1) is 0 Å². The Morgan fingerprint density at radius 3 is 2.92 bits per heavy atom. The van der Waals surface area contributed by atoms with E-state index in [-0.39, 0.29) is 24.4 Å². The number of aryl methyl sites for hydroxylation is 1. The van der Waals surface area contributed by atoms with Crippen molar-refractivity contribution >= 4 is 11.8 Å². The number of likely N-dealkylation sites (tertiary alicyclic amines) is 1. The molecule has 0 radical (unpaired) electrons. The summed E-state index contributed by atoms with van der Waals surface area (Å²) in [7, 11) is 0. The molecule has 0 bridgehead atoms. The third kappa shape index (κ3) is 4.23. The van der Waals surface area contributed by atoms with E-state index in [0.717, 1.165) is 36.3 Å². The number of carbonyl (C=O) groups excluding carboxylic acids is 2. The van der Waals surface area contributed by atoms with Gasteiger partial charge in [-0.3, -0.25) is 19.3 Å². The first-order chi connectivity index (χ1) is 12.0. The molecule has 3 heterocycles. The van der Waals surface area contributed by atoms with Gasteiger partial charge in [-0.2, -0.15) is 5.10 Å². The highest BCUT2D eigenvalue weighted by Gasteiger charge is 2.31. The minimum atomic E-state index is -0.0839. The van der Waals surface area contributed by atoms with Crippen molar-refractivity contribution in [1.82, 2.24) is 25.0 Å². The molecule has 1 fully saturated rings. The lowest BCUT2D eigenvalue weighted by Gasteiger charge is -2.24. The van der Waals surface area contributed by atoms with Crippen LogP contribution in [0.3, 0.4) is 0 Å². The Morgan fingerprint density at radius 2 is 2.20 bits per heavy atom. The van der Waals surface area contributed by atoms with E-state index in [2.05, 4.69) is 15.4 Å². The van der Waals surface area contributed by atoms with Gasteiger partial charge < -0.3 is 10.2 Å². The van der Waals surface area contributed by atoms with Crippen LogP contribution >= 0.6 is 0 Å². The third-order valence-electron chi connectivity index (χ3n) is 4.32. The van der Waals surface area contributed by atoms with Gasteiger partial charge in [-0.05, 0) is 37.5 Å². The lowest BCUT2D eigenvalue weighted by atomic mass is 10.1. The van der Waals surface area contributed by atoms with Gasteiger partial charge in [-0.25, -0.2) is 0 Å². The molecule has 3 rings (SSSR count). The fourth-order valence-corrected chi connectivity index (χ4v) is 3.15. The van der Waals surface area contributed by atoms with Crippen molar-refractivity contribution in [2.75, 3.05) is 6.54 Å². The Kier molecular flexibility index (Phi) is 5.11. The summed E-state index contributed by atoms with van der Waals surface area (Å²) in [5.74, 6) is -0.0287. The zero-order valence-electron chi connectivity index (χ0n) is 14.6. The molecule has 0 aliphatic carbocycles. The second-order valence-corrected chi connectivity index (χ2v) is 6.42. The van der Waals surface area contributed by atoms with Crippen molar-refractivity contribution in [3.63, 3.8) is 0 Å². The van der Waals surface area contributed by atoms with Crippen LogP contribution in [0.4, 0.5) is 0 Å².